The molecule has 0 unspecified atom stereocenters. The molecule has 0 aromatic heterocycles. The summed E-state index contributed by atoms with van der Waals surface area (Å²) >= 11 is 0. The fraction of sp³-hybridized carbons (Fsp3) is 0.882. The highest BCUT2D eigenvalue weighted by Crippen LogP contribution is 2.36. The number of likely N-dealkylation sites (tertiary alicyclic amines) is 1. The average Bonchev–Trinajstić information content (AvgIpc) is 3.27. The van der Waals surface area contributed by atoms with Crippen molar-refractivity contribution in [1.82, 2.24) is 15.1 Å². The lowest BCUT2D eigenvalue weighted by Gasteiger charge is -2.55. The van der Waals surface area contributed by atoms with Crippen LogP contribution in [0.5, 0.6) is 0 Å². The number of rotatable bonds is 5. The van der Waals surface area contributed by atoms with Gasteiger partial charge in [0.1, 0.15) is 11.6 Å². The van der Waals surface area contributed by atoms with E-state index in [1.54, 1.807) is 7.05 Å². The van der Waals surface area contributed by atoms with Crippen molar-refractivity contribution in [2.24, 2.45) is 11.8 Å². The minimum atomic E-state index is -0.258. The summed E-state index contributed by atoms with van der Waals surface area (Å²) in [6.45, 7) is 7.63. The highest BCUT2D eigenvalue weighted by atomic mass is 16.5. The molecule has 130 valence electrons. The molecule has 2 saturated heterocycles. The molecule has 1 N–H and O–H groups in total. The smallest absolute Gasteiger partial charge is 0.239 e. The first-order chi connectivity index (χ1) is 10.9. The Morgan fingerprint density at radius 1 is 1.26 bits per heavy atom. The largest absolute Gasteiger partial charge is 0.368 e. The summed E-state index contributed by atoms with van der Waals surface area (Å²) in [4.78, 5) is 28.4. The lowest BCUT2D eigenvalue weighted by Crippen LogP contribution is -2.73. The second kappa shape index (κ2) is 6.40. The minimum Gasteiger partial charge on any atom is -0.368 e. The Morgan fingerprint density at radius 2 is 1.96 bits per heavy atom. The van der Waals surface area contributed by atoms with Crippen LogP contribution in [0.4, 0.5) is 0 Å². The van der Waals surface area contributed by atoms with Crippen LogP contribution < -0.4 is 5.32 Å². The van der Waals surface area contributed by atoms with Crippen LogP contribution in [0.3, 0.4) is 0 Å². The summed E-state index contributed by atoms with van der Waals surface area (Å²) in [7, 11) is 1.68. The number of morpholine rings is 1. The number of likely N-dealkylation sites (N-methyl/N-ethyl adjacent to an activating group) is 1. The third-order valence-electron chi connectivity index (χ3n) is 5.11. The van der Waals surface area contributed by atoms with Gasteiger partial charge in [0.25, 0.3) is 0 Å². The van der Waals surface area contributed by atoms with Gasteiger partial charge in [0.15, 0.2) is 0 Å². The van der Waals surface area contributed by atoms with E-state index in [9.17, 15) is 9.59 Å². The summed E-state index contributed by atoms with van der Waals surface area (Å²) in [5, 5.41) is 2.75. The standard InChI is InChI=1S/C17H29N3O3/c1-12(2)6-15(21)20-10-17(11-20)9-19(7-13-4-5-13)14(8-23-17)16(22)18-3/h12-14H,4-11H2,1-3H3,(H,18,22)/t14-/m1/s1. The summed E-state index contributed by atoms with van der Waals surface area (Å²) in [6.07, 6.45) is 3.14. The number of nitrogens with one attached hydrogen (secondary N) is 1. The van der Waals surface area contributed by atoms with Gasteiger partial charge in [-0.25, -0.2) is 0 Å². The van der Waals surface area contributed by atoms with Crippen molar-refractivity contribution in [3.63, 3.8) is 0 Å². The van der Waals surface area contributed by atoms with Crippen LogP contribution in [0, 0.1) is 11.8 Å². The maximum atomic E-state index is 12.1. The highest BCUT2D eigenvalue weighted by Gasteiger charge is 2.52. The number of carbonyl (C=O) groups is 2. The monoisotopic (exact) mass is 323 g/mol. The van der Waals surface area contributed by atoms with Crippen LogP contribution in [-0.4, -0.2) is 73.1 Å². The van der Waals surface area contributed by atoms with Crippen LogP contribution >= 0.6 is 0 Å². The zero-order chi connectivity index (χ0) is 16.6. The summed E-state index contributed by atoms with van der Waals surface area (Å²) in [5.41, 5.74) is -0.258. The maximum absolute atomic E-state index is 12.1. The first kappa shape index (κ1) is 16.7. The SMILES string of the molecule is CNC(=O)[C@H]1COC2(CN(C(=O)CC(C)C)C2)CN1CC1CC1. The van der Waals surface area contributed by atoms with Gasteiger partial charge in [0.05, 0.1) is 19.7 Å². The summed E-state index contributed by atoms with van der Waals surface area (Å²) in [5.74, 6) is 1.37. The van der Waals surface area contributed by atoms with Crippen molar-refractivity contribution in [3.05, 3.63) is 0 Å². The number of nitrogens with zero attached hydrogens (tertiary/aromatic N) is 2. The van der Waals surface area contributed by atoms with Crippen LogP contribution in [0.1, 0.15) is 33.1 Å². The Bertz CT molecular complexity index is 470. The van der Waals surface area contributed by atoms with E-state index in [2.05, 4.69) is 24.1 Å². The van der Waals surface area contributed by atoms with E-state index in [1.165, 1.54) is 12.8 Å². The first-order valence-electron chi connectivity index (χ1n) is 8.80. The maximum Gasteiger partial charge on any atom is 0.239 e. The van der Waals surface area contributed by atoms with Crippen LogP contribution in [0.2, 0.25) is 0 Å². The fourth-order valence-electron chi connectivity index (χ4n) is 3.61. The van der Waals surface area contributed by atoms with Gasteiger partial charge in [-0.1, -0.05) is 13.8 Å². The molecule has 0 aromatic carbocycles. The van der Waals surface area contributed by atoms with Crippen molar-refractivity contribution in [3.8, 4) is 0 Å². The zero-order valence-corrected chi connectivity index (χ0v) is 14.5. The van der Waals surface area contributed by atoms with Crippen molar-refractivity contribution in [1.29, 1.82) is 0 Å². The normalized spacial score (nSPS) is 27.1. The van der Waals surface area contributed by atoms with Gasteiger partial charge >= 0.3 is 0 Å². The predicted octanol–water partition coefficient (Wildman–Crippen LogP) is 0.470. The van der Waals surface area contributed by atoms with Gasteiger partial charge < -0.3 is 15.0 Å². The molecule has 1 spiro atoms. The third kappa shape index (κ3) is 3.69. The predicted molar refractivity (Wildman–Crippen MR) is 86.9 cm³/mol. The van der Waals surface area contributed by atoms with Gasteiger partial charge in [-0.2, -0.15) is 0 Å². The van der Waals surface area contributed by atoms with E-state index in [1.807, 2.05) is 4.90 Å². The Labute approximate surface area is 138 Å². The van der Waals surface area contributed by atoms with Gasteiger partial charge in [0.2, 0.25) is 11.8 Å². The van der Waals surface area contributed by atoms with E-state index in [0.29, 0.717) is 32.0 Å². The molecule has 0 aromatic rings. The first-order valence-corrected chi connectivity index (χ1v) is 8.80. The molecule has 1 aliphatic carbocycles. The molecule has 3 fully saturated rings. The highest BCUT2D eigenvalue weighted by molar-refractivity contribution is 5.82. The molecule has 0 radical (unpaired) electrons. The number of hydrogen-bond acceptors (Lipinski definition) is 4. The van der Waals surface area contributed by atoms with Gasteiger partial charge in [-0.15, -0.1) is 0 Å². The molecule has 23 heavy (non-hydrogen) atoms. The van der Waals surface area contributed by atoms with Crippen LogP contribution in [-0.2, 0) is 14.3 Å². The molecule has 2 aliphatic heterocycles. The molecule has 0 bridgehead atoms. The molecular formula is C17H29N3O3. The van der Waals surface area contributed by atoms with Crippen molar-refractivity contribution >= 4 is 11.8 Å². The zero-order valence-electron chi connectivity index (χ0n) is 14.5. The topological polar surface area (TPSA) is 61.9 Å². The van der Waals surface area contributed by atoms with E-state index in [4.69, 9.17) is 4.74 Å². The van der Waals surface area contributed by atoms with Gasteiger partial charge in [-0.05, 0) is 24.7 Å². The number of ether oxygens (including phenoxy) is 1. The van der Waals surface area contributed by atoms with Crippen LogP contribution in [0.15, 0.2) is 0 Å². The second-order valence-electron chi connectivity index (χ2n) is 7.84. The molecule has 2 amide bonds. The molecule has 6 nitrogen and oxygen atoms in total. The van der Waals surface area contributed by atoms with Gasteiger partial charge in [-0.3, -0.25) is 14.5 Å². The van der Waals surface area contributed by atoms with Gasteiger partial charge in [0, 0.05) is 26.6 Å². The van der Waals surface area contributed by atoms with Crippen LogP contribution in [0.25, 0.3) is 0 Å². The molecule has 3 aliphatic rings. The number of hydrogen-bond donors (Lipinski definition) is 1. The number of amides is 2. The molecule has 1 atom stereocenters. The quantitative estimate of drug-likeness (QED) is 0.799. The molecule has 1 saturated carbocycles. The average molecular weight is 323 g/mol. The Morgan fingerprint density at radius 3 is 2.52 bits per heavy atom. The third-order valence-corrected chi connectivity index (χ3v) is 5.11. The fourth-order valence-corrected chi connectivity index (χ4v) is 3.61. The van der Waals surface area contributed by atoms with Crippen molar-refractivity contribution < 1.29 is 14.3 Å². The van der Waals surface area contributed by atoms with E-state index in [0.717, 1.165) is 19.0 Å². The Balaban J connectivity index is 1.58. The Kier molecular flexibility index (Phi) is 4.65. The lowest BCUT2D eigenvalue weighted by molar-refractivity contribution is -0.204. The minimum absolute atomic E-state index is 0.0348. The van der Waals surface area contributed by atoms with E-state index < -0.39 is 0 Å². The second-order valence-corrected chi connectivity index (χ2v) is 7.84. The molecule has 3 rings (SSSR count). The molecule has 2 heterocycles. The summed E-state index contributed by atoms with van der Waals surface area (Å²) < 4.78 is 6.06. The Hall–Kier alpha value is -1.14. The lowest BCUT2D eigenvalue weighted by atomic mass is 9.89. The van der Waals surface area contributed by atoms with E-state index >= 15 is 0 Å². The van der Waals surface area contributed by atoms with E-state index in [-0.39, 0.29) is 23.5 Å². The van der Waals surface area contributed by atoms with Crippen molar-refractivity contribution in [2.75, 3.05) is 39.8 Å². The molecule has 6 heteroatoms. The van der Waals surface area contributed by atoms with Crippen molar-refractivity contribution in [2.45, 2.75) is 44.8 Å². The number of carbonyl (C=O) groups excluding carboxylic acids is 2. The summed E-state index contributed by atoms with van der Waals surface area (Å²) in [6, 6.07) is -0.188. The molecular weight excluding hydrogens is 294 g/mol.